The van der Waals surface area contributed by atoms with E-state index in [0.29, 0.717) is 0 Å². The molecule has 13 heavy (non-hydrogen) atoms. The summed E-state index contributed by atoms with van der Waals surface area (Å²) in [5, 5.41) is 0. The number of nitrogens with one attached hydrogen (secondary N) is 1. The molecular formula is C11H24FN. The molecular weight excluding hydrogens is 165 g/mol. The summed E-state index contributed by atoms with van der Waals surface area (Å²) in [6.07, 6.45) is 8.60. The molecule has 1 aliphatic rings. The molecule has 0 aromatic heterocycles. The first-order valence-electron chi connectivity index (χ1n) is 5.73. The first kappa shape index (κ1) is 12.9. The summed E-state index contributed by atoms with van der Waals surface area (Å²) in [7, 11) is 0. The van der Waals surface area contributed by atoms with Crippen molar-refractivity contribution in [3.05, 3.63) is 0 Å². The van der Waals surface area contributed by atoms with Gasteiger partial charge in [-0.05, 0) is 32.1 Å². The fraction of sp³-hybridized carbons (Fsp3) is 1.00. The number of rotatable bonds is 4. The van der Waals surface area contributed by atoms with Crippen LogP contribution in [0.5, 0.6) is 0 Å². The summed E-state index contributed by atoms with van der Waals surface area (Å²) >= 11 is 0. The number of hydrogen-bond donors (Lipinski definition) is 1. The van der Waals surface area contributed by atoms with Crippen molar-refractivity contribution in [2.24, 2.45) is 0 Å². The van der Waals surface area contributed by atoms with E-state index in [1.165, 1.54) is 51.6 Å². The summed E-state index contributed by atoms with van der Waals surface area (Å²) in [5.74, 6) is 0. The van der Waals surface area contributed by atoms with Crippen molar-refractivity contribution >= 4 is 0 Å². The molecule has 1 aliphatic heterocycles. The topological polar surface area (TPSA) is 4.44 Å². The normalized spacial score (nSPS) is 28.2. The summed E-state index contributed by atoms with van der Waals surface area (Å²) in [6.45, 7) is 7.51. The predicted molar refractivity (Wildman–Crippen MR) is 53.5 cm³/mol. The predicted octanol–water partition coefficient (Wildman–Crippen LogP) is -1.36. The lowest BCUT2D eigenvalue weighted by atomic mass is 10.00. The van der Waals surface area contributed by atoms with E-state index in [-0.39, 0.29) is 4.70 Å². The zero-order chi connectivity index (χ0) is 8.81. The van der Waals surface area contributed by atoms with Crippen LogP contribution in [0.15, 0.2) is 0 Å². The Kier molecular flexibility index (Phi) is 7.25. The Hall–Kier alpha value is -0.110. The molecule has 0 bridgehead atoms. The zero-order valence-corrected chi connectivity index (χ0v) is 9.11. The number of hydrogen-bond acceptors (Lipinski definition) is 0. The highest BCUT2D eigenvalue weighted by Crippen LogP contribution is 2.05. The van der Waals surface area contributed by atoms with Crippen molar-refractivity contribution in [3.8, 4) is 0 Å². The number of quaternary nitrogens is 1. The van der Waals surface area contributed by atoms with E-state index in [1.807, 2.05) is 4.90 Å². The third-order valence-electron chi connectivity index (χ3n) is 3.22. The molecule has 80 valence electrons. The van der Waals surface area contributed by atoms with Crippen molar-refractivity contribution in [2.45, 2.75) is 58.4 Å². The molecule has 1 fully saturated rings. The molecule has 1 saturated heterocycles. The van der Waals surface area contributed by atoms with Gasteiger partial charge in [-0.25, -0.2) is 0 Å². The van der Waals surface area contributed by atoms with Crippen LogP contribution < -0.4 is 9.60 Å². The molecule has 2 unspecified atom stereocenters. The number of likely N-dealkylation sites (tertiary alicyclic amines) is 1. The van der Waals surface area contributed by atoms with Crippen molar-refractivity contribution in [1.29, 1.82) is 0 Å². The van der Waals surface area contributed by atoms with Crippen molar-refractivity contribution < 1.29 is 9.60 Å². The number of unbranched alkanes of at least 4 members (excludes halogenated alkanes) is 1. The van der Waals surface area contributed by atoms with Gasteiger partial charge in [-0.15, -0.1) is 0 Å². The summed E-state index contributed by atoms with van der Waals surface area (Å²) < 4.78 is 0. The molecule has 0 aromatic carbocycles. The second kappa shape index (κ2) is 7.31. The Bertz CT molecular complexity index is 117. The molecule has 0 amide bonds. The molecule has 1 rings (SSSR count). The fourth-order valence-electron chi connectivity index (χ4n) is 2.38. The minimum atomic E-state index is 0. The van der Waals surface area contributed by atoms with Gasteiger partial charge in [0.25, 0.3) is 0 Å². The maximum atomic E-state index is 2.35. The summed E-state index contributed by atoms with van der Waals surface area (Å²) in [6, 6.07) is 0.991. The molecule has 0 radical (unpaired) electrons. The van der Waals surface area contributed by atoms with Gasteiger partial charge in [0.05, 0.1) is 19.1 Å². The minimum Gasteiger partial charge on any atom is -1.00 e. The lowest BCUT2D eigenvalue weighted by molar-refractivity contribution is -0.931. The van der Waals surface area contributed by atoms with E-state index < -0.39 is 0 Å². The molecule has 1 N–H and O–H groups in total. The summed E-state index contributed by atoms with van der Waals surface area (Å²) in [5.41, 5.74) is 0. The van der Waals surface area contributed by atoms with E-state index in [1.54, 1.807) is 0 Å². The lowest BCUT2D eigenvalue weighted by Gasteiger charge is -2.31. The molecule has 0 aliphatic carbocycles. The van der Waals surface area contributed by atoms with Crippen LogP contribution in [0.1, 0.15) is 52.4 Å². The van der Waals surface area contributed by atoms with Gasteiger partial charge in [0.1, 0.15) is 0 Å². The van der Waals surface area contributed by atoms with Crippen molar-refractivity contribution in [2.75, 3.05) is 13.1 Å². The minimum absolute atomic E-state index is 0. The molecule has 1 heterocycles. The van der Waals surface area contributed by atoms with Crippen molar-refractivity contribution in [1.82, 2.24) is 0 Å². The highest BCUT2D eigenvalue weighted by Gasteiger charge is 2.23. The van der Waals surface area contributed by atoms with Gasteiger partial charge in [0.2, 0.25) is 0 Å². The zero-order valence-electron chi connectivity index (χ0n) is 9.11. The number of halogens is 1. The smallest absolute Gasteiger partial charge is 0.0872 e. The molecule has 2 heteroatoms. The van der Waals surface area contributed by atoms with Crippen LogP contribution in [0.2, 0.25) is 0 Å². The van der Waals surface area contributed by atoms with Crippen molar-refractivity contribution in [3.63, 3.8) is 0 Å². The second-order valence-corrected chi connectivity index (χ2v) is 4.11. The highest BCUT2D eigenvalue weighted by atomic mass is 19.0. The lowest BCUT2D eigenvalue weighted by Crippen LogP contribution is -3.16. The first-order valence-corrected chi connectivity index (χ1v) is 5.73. The SMILES string of the molecule is CCCC[NH+]1CCCCC1CC.[F-]. The van der Waals surface area contributed by atoms with Crippen LogP contribution in [-0.4, -0.2) is 19.1 Å². The maximum Gasteiger partial charge on any atom is 0.0872 e. The Morgan fingerprint density at radius 1 is 1.23 bits per heavy atom. The van der Waals surface area contributed by atoms with Gasteiger partial charge < -0.3 is 9.60 Å². The van der Waals surface area contributed by atoms with Gasteiger partial charge in [-0.1, -0.05) is 20.3 Å². The standard InChI is InChI=1S/C11H23N.FH/c1-3-5-9-12-10-7-6-8-11(12)4-2;/h11H,3-10H2,1-2H3;1H. The molecule has 0 aromatic rings. The Morgan fingerprint density at radius 3 is 2.62 bits per heavy atom. The average Bonchev–Trinajstić information content (AvgIpc) is 2.15. The van der Waals surface area contributed by atoms with Crippen LogP contribution in [0.25, 0.3) is 0 Å². The van der Waals surface area contributed by atoms with Gasteiger partial charge in [0, 0.05) is 0 Å². The van der Waals surface area contributed by atoms with Gasteiger partial charge in [0.15, 0.2) is 0 Å². The first-order chi connectivity index (χ1) is 5.88. The van der Waals surface area contributed by atoms with Crippen LogP contribution in [0.3, 0.4) is 0 Å². The largest absolute Gasteiger partial charge is 1.00 e. The molecule has 1 nitrogen and oxygen atoms in total. The monoisotopic (exact) mass is 189 g/mol. The van der Waals surface area contributed by atoms with Crippen LogP contribution in [0.4, 0.5) is 0 Å². The van der Waals surface area contributed by atoms with Crippen LogP contribution in [-0.2, 0) is 0 Å². The van der Waals surface area contributed by atoms with Crippen LogP contribution >= 0.6 is 0 Å². The van der Waals surface area contributed by atoms with E-state index >= 15 is 0 Å². The van der Waals surface area contributed by atoms with Crippen LogP contribution in [0, 0.1) is 0 Å². The molecule has 0 spiro atoms. The van der Waals surface area contributed by atoms with E-state index in [4.69, 9.17) is 0 Å². The molecule has 0 saturated carbocycles. The fourth-order valence-corrected chi connectivity index (χ4v) is 2.38. The Morgan fingerprint density at radius 2 is 2.00 bits per heavy atom. The van der Waals surface area contributed by atoms with E-state index in [2.05, 4.69) is 13.8 Å². The third kappa shape index (κ3) is 4.08. The van der Waals surface area contributed by atoms with Gasteiger partial charge in [-0.3, -0.25) is 0 Å². The van der Waals surface area contributed by atoms with Gasteiger partial charge in [-0.2, -0.15) is 0 Å². The quantitative estimate of drug-likeness (QED) is 0.557. The summed E-state index contributed by atoms with van der Waals surface area (Å²) in [4.78, 5) is 1.89. The molecule has 2 atom stereocenters. The third-order valence-corrected chi connectivity index (χ3v) is 3.22. The van der Waals surface area contributed by atoms with Gasteiger partial charge >= 0.3 is 0 Å². The Labute approximate surface area is 81.9 Å². The van der Waals surface area contributed by atoms with E-state index in [0.717, 1.165) is 6.04 Å². The highest BCUT2D eigenvalue weighted by molar-refractivity contribution is 4.59. The Balaban J connectivity index is 0.00000144. The maximum absolute atomic E-state index is 2.35. The van der Waals surface area contributed by atoms with E-state index in [9.17, 15) is 0 Å². The average molecular weight is 189 g/mol. The second-order valence-electron chi connectivity index (χ2n) is 4.11. The number of piperidine rings is 1.